The summed E-state index contributed by atoms with van der Waals surface area (Å²) in [5.74, 6) is -0.845. The zero-order valence-corrected chi connectivity index (χ0v) is 10.5. The van der Waals surface area contributed by atoms with Gasteiger partial charge in [0.2, 0.25) is 0 Å². The molecule has 3 nitrogen and oxygen atoms in total. The van der Waals surface area contributed by atoms with E-state index in [2.05, 4.69) is 18.8 Å². The molecular weight excluding hydrogens is 226 g/mol. The molecule has 0 aliphatic heterocycles. The van der Waals surface area contributed by atoms with Gasteiger partial charge in [0.05, 0.1) is 16.8 Å². The van der Waals surface area contributed by atoms with Crippen molar-refractivity contribution in [2.24, 2.45) is 0 Å². The van der Waals surface area contributed by atoms with E-state index >= 15 is 0 Å². The highest BCUT2D eigenvalue weighted by Crippen LogP contribution is 2.40. The van der Waals surface area contributed by atoms with Gasteiger partial charge in [-0.1, -0.05) is 32.0 Å². The van der Waals surface area contributed by atoms with Crippen LogP contribution in [-0.4, -0.2) is 16.1 Å². The average Bonchev–Trinajstić information content (AvgIpc) is 2.62. The summed E-state index contributed by atoms with van der Waals surface area (Å²) in [6.45, 7) is 4.26. The number of pyridine rings is 1. The second-order valence-electron chi connectivity index (χ2n) is 5.52. The Morgan fingerprint density at radius 1 is 1.33 bits per heavy atom. The molecule has 0 bridgehead atoms. The van der Waals surface area contributed by atoms with E-state index in [1.165, 1.54) is 0 Å². The van der Waals surface area contributed by atoms with Crippen LogP contribution in [0.15, 0.2) is 24.3 Å². The van der Waals surface area contributed by atoms with Gasteiger partial charge in [-0.05, 0) is 24.5 Å². The van der Waals surface area contributed by atoms with Gasteiger partial charge in [-0.15, -0.1) is 0 Å². The summed E-state index contributed by atoms with van der Waals surface area (Å²) in [6, 6.07) is 7.49. The van der Waals surface area contributed by atoms with E-state index in [4.69, 9.17) is 0 Å². The molecule has 2 aromatic rings. The van der Waals surface area contributed by atoms with Crippen LogP contribution in [0.4, 0.5) is 0 Å². The van der Waals surface area contributed by atoms with Crippen LogP contribution < -0.4 is 0 Å². The lowest BCUT2D eigenvalue weighted by molar-refractivity contribution is 0.0698. The van der Waals surface area contributed by atoms with Crippen molar-refractivity contribution in [3.63, 3.8) is 0 Å². The fraction of sp³-hybridized carbons (Fsp3) is 0.333. The highest BCUT2D eigenvalue weighted by molar-refractivity contribution is 6.04. The summed E-state index contributed by atoms with van der Waals surface area (Å²) in [4.78, 5) is 16.2. The highest BCUT2D eigenvalue weighted by atomic mass is 16.4. The maximum Gasteiger partial charge on any atom is 0.336 e. The fourth-order valence-electron chi connectivity index (χ4n) is 2.85. The monoisotopic (exact) mass is 241 g/mol. The lowest BCUT2D eigenvalue weighted by Gasteiger charge is -2.18. The van der Waals surface area contributed by atoms with E-state index in [-0.39, 0.29) is 5.41 Å². The largest absolute Gasteiger partial charge is 0.478 e. The molecule has 0 saturated carbocycles. The SMILES string of the molecule is CC1(C)CCc2c1nc1ccccc1c2C(=O)O. The molecule has 1 aromatic carbocycles. The van der Waals surface area contributed by atoms with Crippen molar-refractivity contribution in [2.75, 3.05) is 0 Å². The summed E-state index contributed by atoms with van der Waals surface area (Å²) in [5.41, 5.74) is 3.08. The Bertz CT molecular complexity index is 659. The summed E-state index contributed by atoms with van der Waals surface area (Å²) < 4.78 is 0. The molecule has 1 heterocycles. The minimum absolute atomic E-state index is 0.0242. The number of aromatic carboxylic acids is 1. The van der Waals surface area contributed by atoms with Gasteiger partial charge in [0.15, 0.2) is 0 Å². The summed E-state index contributed by atoms with van der Waals surface area (Å²) in [7, 11) is 0. The standard InChI is InChI=1S/C15H15NO2/c1-15(2)8-7-10-12(14(17)18)9-5-3-4-6-11(9)16-13(10)15/h3-6H,7-8H2,1-2H3,(H,17,18). The Balaban J connectivity index is 2.45. The zero-order chi connectivity index (χ0) is 12.9. The van der Waals surface area contributed by atoms with Crippen molar-refractivity contribution < 1.29 is 9.90 Å². The van der Waals surface area contributed by atoms with Gasteiger partial charge in [-0.25, -0.2) is 4.79 Å². The molecule has 1 N–H and O–H groups in total. The maximum atomic E-state index is 11.6. The molecule has 1 aromatic heterocycles. The number of benzene rings is 1. The van der Waals surface area contributed by atoms with Gasteiger partial charge in [0.1, 0.15) is 0 Å². The van der Waals surface area contributed by atoms with Crippen molar-refractivity contribution in [1.82, 2.24) is 4.98 Å². The minimum Gasteiger partial charge on any atom is -0.478 e. The van der Waals surface area contributed by atoms with Crippen LogP contribution in [0.1, 0.15) is 41.9 Å². The first kappa shape index (κ1) is 11.2. The van der Waals surface area contributed by atoms with Gasteiger partial charge in [0, 0.05) is 10.8 Å². The minimum atomic E-state index is -0.845. The summed E-state index contributed by atoms with van der Waals surface area (Å²) in [6.07, 6.45) is 1.77. The second kappa shape index (κ2) is 3.55. The van der Waals surface area contributed by atoms with Crippen LogP contribution in [0, 0.1) is 0 Å². The normalized spacial score (nSPS) is 16.8. The fourth-order valence-corrected chi connectivity index (χ4v) is 2.85. The number of hydrogen-bond acceptors (Lipinski definition) is 2. The van der Waals surface area contributed by atoms with Crippen LogP contribution >= 0.6 is 0 Å². The number of aromatic nitrogens is 1. The third-order valence-electron chi connectivity index (χ3n) is 3.85. The molecule has 18 heavy (non-hydrogen) atoms. The number of fused-ring (bicyclic) bond motifs is 2. The third-order valence-corrected chi connectivity index (χ3v) is 3.85. The van der Waals surface area contributed by atoms with E-state index in [0.29, 0.717) is 5.56 Å². The molecule has 0 atom stereocenters. The molecule has 0 fully saturated rings. The Morgan fingerprint density at radius 3 is 2.78 bits per heavy atom. The number of hydrogen-bond donors (Lipinski definition) is 1. The van der Waals surface area contributed by atoms with E-state index in [1.807, 2.05) is 24.3 Å². The molecule has 0 spiro atoms. The smallest absolute Gasteiger partial charge is 0.336 e. The van der Waals surface area contributed by atoms with Crippen LogP contribution in [0.2, 0.25) is 0 Å². The van der Waals surface area contributed by atoms with Crippen molar-refractivity contribution in [2.45, 2.75) is 32.1 Å². The molecular formula is C15H15NO2. The van der Waals surface area contributed by atoms with Gasteiger partial charge in [-0.3, -0.25) is 4.98 Å². The molecule has 1 aliphatic carbocycles. The van der Waals surface area contributed by atoms with Gasteiger partial charge in [0.25, 0.3) is 0 Å². The topological polar surface area (TPSA) is 50.2 Å². The maximum absolute atomic E-state index is 11.6. The predicted molar refractivity (Wildman–Crippen MR) is 70.0 cm³/mol. The molecule has 0 radical (unpaired) electrons. The Labute approximate surface area is 105 Å². The van der Waals surface area contributed by atoms with Crippen LogP contribution in [0.5, 0.6) is 0 Å². The molecule has 0 saturated heterocycles. The van der Waals surface area contributed by atoms with Gasteiger partial charge >= 0.3 is 5.97 Å². The Morgan fingerprint density at radius 2 is 2.06 bits per heavy atom. The average molecular weight is 241 g/mol. The Hall–Kier alpha value is -1.90. The van der Waals surface area contributed by atoms with E-state index in [1.54, 1.807) is 0 Å². The lowest BCUT2D eigenvalue weighted by atomic mass is 9.89. The third kappa shape index (κ3) is 1.43. The van der Waals surface area contributed by atoms with E-state index in [9.17, 15) is 9.90 Å². The first-order valence-corrected chi connectivity index (χ1v) is 6.16. The number of para-hydroxylation sites is 1. The second-order valence-corrected chi connectivity index (χ2v) is 5.52. The number of nitrogens with zero attached hydrogens (tertiary/aromatic N) is 1. The van der Waals surface area contributed by atoms with E-state index in [0.717, 1.165) is 35.0 Å². The highest BCUT2D eigenvalue weighted by Gasteiger charge is 2.35. The lowest BCUT2D eigenvalue weighted by Crippen LogP contribution is -2.15. The molecule has 3 heteroatoms. The van der Waals surface area contributed by atoms with Crippen LogP contribution in [0.25, 0.3) is 10.9 Å². The number of carboxylic acids is 1. The number of rotatable bonds is 1. The zero-order valence-electron chi connectivity index (χ0n) is 10.5. The number of carboxylic acid groups (broad SMARTS) is 1. The van der Waals surface area contributed by atoms with Crippen molar-refractivity contribution in [3.8, 4) is 0 Å². The first-order valence-electron chi connectivity index (χ1n) is 6.16. The molecule has 0 unspecified atom stereocenters. The summed E-state index contributed by atoms with van der Waals surface area (Å²) in [5, 5.41) is 10.2. The number of carbonyl (C=O) groups is 1. The molecule has 0 amide bonds. The first-order chi connectivity index (χ1) is 8.50. The van der Waals surface area contributed by atoms with Crippen LogP contribution in [0.3, 0.4) is 0 Å². The van der Waals surface area contributed by atoms with Crippen LogP contribution in [-0.2, 0) is 11.8 Å². The summed E-state index contributed by atoms with van der Waals surface area (Å²) >= 11 is 0. The van der Waals surface area contributed by atoms with Crippen molar-refractivity contribution in [1.29, 1.82) is 0 Å². The predicted octanol–water partition coefficient (Wildman–Crippen LogP) is 3.16. The Kier molecular flexibility index (Phi) is 2.21. The van der Waals surface area contributed by atoms with Crippen molar-refractivity contribution >= 4 is 16.9 Å². The molecule has 92 valence electrons. The molecule has 3 rings (SSSR count). The quantitative estimate of drug-likeness (QED) is 0.834. The van der Waals surface area contributed by atoms with E-state index < -0.39 is 5.97 Å². The molecule has 1 aliphatic rings. The van der Waals surface area contributed by atoms with Gasteiger partial charge in [-0.2, -0.15) is 0 Å². The van der Waals surface area contributed by atoms with Crippen molar-refractivity contribution in [3.05, 3.63) is 41.1 Å². The van der Waals surface area contributed by atoms with Gasteiger partial charge < -0.3 is 5.11 Å².